The Bertz CT molecular complexity index is 749. The Morgan fingerprint density at radius 2 is 1.82 bits per heavy atom. The van der Waals surface area contributed by atoms with Gasteiger partial charge in [0.25, 0.3) is 0 Å². The van der Waals surface area contributed by atoms with Crippen molar-refractivity contribution in [3.63, 3.8) is 0 Å². The number of carbonyl (C=O) groups excluding carboxylic acids is 1. The number of nitriles is 1. The quantitative estimate of drug-likeness (QED) is 0.743. The van der Waals surface area contributed by atoms with Gasteiger partial charge in [-0.05, 0) is 74.6 Å². The maximum Gasteiger partial charge on any atom is 0.234 e. The smallest absolute Gasteiger partial charge is 0.234 e. The van der Waals surface area contributed by atoms with Crippen LogP contribution >= 0.6 is 0 Å². The molecule has 1 aliphatic carbocycles. The van der Waals surface area contributed by atoms with Crippen LogP contribution in [-0.2, 0) is 16.8 Å². The molecule has 0 bridgehead atoms. The molecule has 0 unspecified atom stereocenters. The van der Waals surface area contributed by atoms with E-state index in [9.17, 15) is 10.1 Å². The minimum absolute atomic E-state index is 0.177. The van der Waals surface area contributed by atoms with Crippen molar-refractivity contribution in [2.45, 2.75) is 70.4 Å². The van der Waals surface area contributed by atoms with Crippen molar-refractivity contribution in [3.8, 4) is 6.07 Å². The largest absolute Gasteiger partial charge is 0.324 e. The second-order valence-electron chi connectivity index (χ2n) is 9.41. The molecule has 28 heavy (non-hydrogen) atoms. The first kappa shape index (κ1) is 19.5. The monoisotopic (exact) mass is 379 g/mol. The van der Waals surface area contributed by atoms with E-state index in [-0.39, 0.29) is 12.5 Å². The molecule has 4 rings (SSSR count). The van der Waals surface area contributed by atoms with Crippen molar-refractivity contribution < 1.29 is 4.79 Å². The van der Waals surface area contributed by atoms with Crippen LogP contribution in [0.3, 0.4) is 0 Å². The van der Waals surface area contributed by atoms with E-state index in [1.807, 2.05) is 0 Å². The molecule has 0 radical (unpaired) electrons. The van der Waals surface area contributed by atoms with E-state index in [2.05, 4.69) is 49.1 Å². The molecule has 1 spiro atoms. The van der Waals surface area contributed by atoms with E-state index >= 15 is 0 Å². The van der Waals surface area contributed by atoms with Crippen molar-refractivity contribution in [2.24, 2.45) is 11.8 Å². The van der Waals surface area contributed by atoms with Gasteiger partial charge in [0.15, 0.2) is 0 Å². The lowest BCUT2D eigenvalue weighted by Gasteiger charge is -2.49. The summed E-state index contributed by atoms with van der Waals surface area (Å²) in [5.41, 5.74) is 2.03. The Morgan fingerprint density at radius 3 is 2.46 bits per heavy atom. The van der Waals surface area contributed by atoms with Gasteiger partial charge in [0, 0.05) is 12.6 Å². The zero-order valence-electron chi connectivity index (χ0n) is 17.4. The summed E-state index contributed by atoms with van der Waals surface area (Å²) < 4.78 is 0. The van der Waals surface area contributed by atoms with Crippen molar-refractivity contribution >= 4 is 5.91 Å². The molecule has 1 aromatic rings. The molecule has 1 aromatic carbocycles. The van der Waals surface area contributed by atoms with Crippen molar-refractivity contribution in [2.75, 3.05) is 19.6 Å². The van der Waals surface area contributed by atoms with Gasteiger partial charge in [-0.2, -0.15) is 5.26 Å². The Kier molecular flexibility index (Phi) is 5.47. The van der Waals surface area contributed by atoms with Gasteiger partial charge in [0.2, 0.25) is 5.91 Å². The number of amides is 1. The van der Waals surface area contributed by atoms with Crippen LogP contribution in [-0.4, -0.2) is 41.4 Å². The molecule has 0 aromatic heterocycles. The van der Waals surface area contributed by atoms with Gasteiger partial charge in [-0.25, -0.2) is 0 Å². The summed E-state index contributed by atoms with van der Waals surface area (Å²) in [4.78, 5) is 17.8. The molecule has 0 N–H and O–H groups in total. The predicted octanol–water partition coefficient (Wildman–Crippen LogP) is 4.10. The van der Waals surface area contributed by atoms with Crippen LogP contribution in [0.25, 0.3) is 0 Å². The summed E-state index contributed by atoms with van der Waals surface area (Å²) in [6, 6.07) is 11.3. The lowest BCUT2D eigenvalue weighted by atomic mass is 9.67. The molecule has 1 saturated heterocycles. The summed E-state index contributed by atoms with van der Waals surface area (Å²) in [6.07, 6.45) is 7.08. The van der Waals surface area contributed by atoms with Gasteiger partial charge in [-0.3, -0.25) is 4.79 Å². The second-order valence-corrected chi connectivity index (χ2v) is 9.41. The van der Waals surface area contributed by atoms with E-state index in [0.29, 0.717) is 12.6 Å². The van der Waals surface area contributed by atoms with Crippen molar-refractivity contribution in [3.05, 3.63) is 35.4 Å². The number of likely N-dealkylation sites (tertiary alicyclic amines) is 1. The number of hydrogen-bond acceptors (Lipinski definition) is 3. The highest BCUT2D eigenvalue weighted by molar-refractivity contribution is 5.90. The molecule has 2 fully saturated rings. The first-order valence-electron chi connectivity index (χ1n) is 11.0. The second kappa shape index (κ2) is 7.87. The van der Waals surface area contributed by atoms with Gasteiger partial charge in [0.1, 0.15) is 6.54 Å². The molecule has 0 atom stereocenters. The Hall–Kier alpha value is -1.86. The van der Waals surface area contributed by atoms with Crippen LogP contribution in [0.4, 0.5) is 0 Å². The summed E-state index contributed by atoms with van der Waals surface area (Å²) >= 11 is 0. The third-order valence-corrected chi connectivity index (χ3v) is 7.70. The summed E-state index contributed by atoms with van der Waals surface area (Å²) in [5, 5.41) is 9.19. The lowest BCUT2D eigenvalue weighted by Crippen LogP contribution is -2.57. The molecular weight excluding hydrogens is 346 g/mol. The fourth-order valence-corrected chi connectivity index (χ4v) is 5.92. The normalized spacial score (nSPS) is 27.6. The third kappa shape index (κ3) is 3.35. The van der Waals surface area contributed by atoms with Gasteiger partial charge >= 0.3 is 0 Å². The third-order valence-electron chi connectivity index (χ3n) is 7.70. The number of fused-ring (bicyclic) bond motifs is 2. The molecule has 4 nitrogen and oxygen atoms in total. The molecule has 3 aliphatic rings. The average molecular weight is 380 g/mol. The van der Waals surface area contributed by atoms with Crippen LogP contribution < -0.4 is 0 Å². The standard InChI is InChI=1S/C24H33N3O/c1-18(2)19-7-9-21(10-8-19)26-14-11-24(12-15-26)22-6-4-3-5-20(22)17-27(16-13-25)23(24)28/h3-6,18-19,21H,7-12,14-17H2,1-2H3/t19-,21+. The molecule has 1 amide bonds. The highest BCUT2D eigenvalue weighted by atomic mass is 16.2. The van der Waals surface area contributed by atoms with Crippen LogP contribution in [0.2, 0.25) is 0 Å². The number of nitrogens with zero attached hydrogens (tertiary/aromatic N) is 3. The first-order valence-corrected chi connectivity index (χ1v) is 11.0. The van der Waals surface area contributed by atoms with Gasteiger partial charge < -0.3 is 9.80 Å². The Balaban J connectivity index is 1.49. The maximum absolute atomic E-state index is 13.4. The molecule has 2 aliphatic heterocycles. The fraction of sp³-hybridized carbons (Fsp3) is 0.667. The van der Waals surface area contributed by atoms with E-state index in [0.717, 1.165) is 37.8 Å². The van der Waals surface area contributed by atoms with Crippen molar-refractivity contribution in [1.82, 2.24) is 9.80 Å². The summed E-state index contributed by atoms with van der Waals surface area (Å²) in [7, 11) is 0. The van der Waals surface area contributed by atoms with E-state index in [1.54, 1.807) is 4.90 Å². The molecule has 4 heteroatoms. The Morgan fingerprint density at radius 1 is 1.14 bits per heavy atom. The number of benzene rings is 1. The minimum atomic E-state index is -0.419. The van der Waals surface area contributed by atoms with Gasteiger partial charge in [-0.15, -0.1) is 0 Å². The maximum atomic E-state index is 13.4. The van der Waals surface area contributed by atoms with Gasteiger partial charge in [-0.1, -0.05) is 38.1 Å². The fourth-order valence-electron chi connectivity index (χ4n) is 5.92. The lowest BCUT2D eigenvalue weighted by molar-refractivity contribution is -0.141. The topological polar surface area (TPSA) is 47.3 Å². The van der Waals surface area contributed by atoms with Gasteiger partial charge in [0.05, 0.1) is 11.5 Å². The zero-order valence-corrected chi connectivity index (χ0v) is 17.4. The number of piperidine rings is 1. The molecule has 1 saturated carbocycles. The van der Waals surface area contributed by atoms with E-state index in [1.165, 1.54) is 36.8 Å². The highest BCUT2D eigenvalue weighted by Crippen LogP contribution is 2.44. The average Bonchev–Trinajstić information content (AvgIpc) is 2.73. The molecular formula is C24H33N3O. The number of rotatable bonds is 3. The number of hydrogen-bond donors (Lipinski definition) is 0. The SMILES string of the molecule is CC(C)[C@H]1CC[C@@H](N2CCC3(CC2)C(=O)N(CC#N)Cc2ccccc23)CC1. The summed E-state index contributed by atoms with van der Waals surface area (Å²) in [5.74, 6) is 1.86. The predicted molar refractivity (Wildman–Crippen MR) is 111 cm³/mol. The zero-order chi connectivity index (χ0) is 19.7. The van der Waals surface area contributed by atoms with Crippen LogP contribution in [0.15, 0.2) is 24.3 Å². The molecule has 2 heterocycles. The molecule has 150 valence electrons. The van der Waals surface area contributed by atoms with E-state index in [4.69, 9.17) is 0 Å². The van der Waals surface area contributed by atoms with Crippen LogP contribution in [0, 0.1) is 23.2 Å². The first-order chi connectivity index (χ1) is 13.5. The van der Waals surface area contributed by atoms with E-state index < -0.39 is 5.41 Å². The van der Waals surface area contributed by atoms with Crippen molar-refractivity contribution in [1.29, 1.82) is 5.26 Å². The number of carbonyl (C=O) groups is 1. The minimum Gasteiger partial charge on any atom is -0.324 e. The summed E-state index contributed by atoms with van der Waals surface area (Å²) in [6.45, 7) is 7.48. The highest BCUT2D eigenvalue weighted by Gasteiger charge is 2.49. The van der Waals surface area contributed by atoms with Crippen LogP contribution in [0.1, 0.15) is 63.5 Å². The van der Waals surface area contributed by atoms with Crippen LogP contribution in [0.5, 0.6) is 0 Å². The Labute approximate surface area is 169 Å².